The summed E-state index contributed by atoms with van der Waals surface area (Å²) in [5.74, 6) is -1.48. The van der Waals surface area contributed by atoms with Crippen LogP contribution in [0.3, 0.4) is 0 Å². The van der Waals surface area contributed by atoms with Gasteiger partial charge in [0.2, 0.25) is 11.8 Å². The molecule has 10 nitrogen and oxygen atoms in total. The lowest BCUT2D eigenvalue weighted by Gasteiger charge is -2.28. The van der Waals surface area contributed by atoms with Crippen LogP contribution in [0.5, 0.6) is 0 Å². The van der Waals surface area contributed by atoms with Crippen LogP contribution in [0.1, 0.15) is 88.8 Å². The highest BCUT2D eigenvalue weighted by molar-refractivity contribution is 6.05. The molecule has 1 spiro atoms. The number of aliphatic imine (C=N–C) groups is 1. The first kappa shape index (κ1) is 30.3. The van der Waals surface area contributed by atoms with Gasteiger partial charge in [-0.15, -0.1) is 0 Å². The van der Waals surface area contributed by atoms with Crippen LogP contribution < -0.4 is 0 Å². The number of ether oxygens (including phenoxy) is 3. The van der Waals surface area contributed by atoms with Crippen molar-refractivity contribution >= 4 is 29.8 Å². The largest absolute Gasteiger partial charge is 0.460 e. The van der Waals surface area contributed by atoms with Crippen molar-refractivity contribution < 1.29 is 33.4 Å². The molecular weight excluding hydrogens is 562 g/mol. The summed E-state index contributed by atoms with van der Waals surface area (Å²) in [6, 6.07) is 5.37. The smallest absolute Gasteiger partial charge is 0.410 e. The van der Waals surface area contributed by atoms with Crippen molar-refractivity contribution in [1.29, 1.82) is 0 Å². The van der Waals surface area contributed by atoms with E-state index >= 15 is 0 Å². The number of hydrogen-bond donors (Lipinski definition) is 0. The second-order valence-electron chi connectivity index (χ2n) is 13.9. The maximum atomic E-state index is 14.2. The number of aryl methyl sites for hydroxylation is 1. The average Bonchev–Trinajstić information content (AvgIpc) is 3.24. The molecule has 2 fully saturated rings. The minimum Gasteiger partial charge on any atom is -0.460 e. The van der Waals surface area contributed by atoms with E-state index in [2.05, 4.69) is 12.2 Å². The zero-order valence-corrected chi connectivity index (χ0v) is 26.2. The SMILES string of the molecule is Cc1cccc2c1CN(C(=O)OC1CC3C4=NC5(CC5/C=C\CCCCCC(CC(=O)OC(C)(C)C)C(=O)N3C1)C(=O)O4)C2. The zero-order chi connectivity index (χ0) is 31.2. The molecule has 1 aromatic rings. The van der Waals surface area contributed by atoms with E-state index in [0.29, 0.717) is 25.9 Å². The summed E-state index contributed by atoms with van der Waals surface area (Å²) in [6.07, 6.45) is 7.99. The third kappa shape index (κ3) is 6.13. The van der Waals surface area contributed by atoms with Crippen molar-refractivity contribution in [2.45, 2.75) is 115 Å². The van der Waals surface area contributed by atoms with Crippen LogP contribution in [0, 0.1) is 18.8 Å². The Hall–Kier alpha value is -3.69. The van der Waals surface area contributed by atoms with Crippen LogP contribution in [0.2, 0.25) is 0 Å². The predicted octanol–water partition coefficient (Wildman–Crippen LogP) is 5.00. The lowest BCUT2D eigenvalue weighted by Crippen LogP contribution is -2.45. The molecule has 0 radical (unpaired) electrons. The molecule has 4 heterocycles. The average molecular weight is 606 g/mol. The summed E-state index contributed by atoms with van der Waals surface area (Å²) in [5, 5.41) is 0. The van der Waals surface area contributed by atoms with E-state index in [9.17, 15) is 19.2 Å². The Bertz CT molecular complexity index is 1410. The van der Waals surface area contributed by atoms with Gasteiger partial charge in [-0.25, -0.2) is 14.6 Å². The van der Waals surface area contributed by atoms with Crippen LogP contribution in [-0.2, 0) is 41.7 Å². The highest BCUT2D eigenvalue weighted by atomic mass is 16.6. The van der Waals surface area contributed by atoms with Gasteiger partial charge >= 0.3 is 18.0 Å². The molecule has 1 aromatic carbocycles. The molecule has 5 unspecified atom stereocenters. The standard InChI is InChI=1S/C34H43N3O7/c1-21-11-10-13-23-18-36(20-26(21)23)32(41)42-25-16-27-29-35-34(31(40)43-29)17-24(34)14-9-7-5-6-8-12-22(30(39)37(27)19-25)15-28(38)44-33(2,3)4/h9-11,13-14,22,24-25,27H,5-8,12,15-20H2,1-4H3/b14-9-. The van der Waals surface area contributed by atoms with Crippen molar-refractivity contribution in [3.63, 3.8) is 0 Å². The molecule has 5 atom stereocenters. The molecule has 2 amide bonds. The topological polar surface area (TPSA) is 115 Å². The first-order valence-electron chi connectivity index (χ1n) is 16.0. The van der Waals surface area contributed by atoms with Gasteiger partial charge in [0.15, 0.2) is 5.54 Å². The minimum atomic E-state index is -0.926. The van der Waals surface area contributed by atoms with Gasteiger partial charge in [0, 0.05) is 31.3 Å². The van der Waals surface area contributed by atoms with Crippen molar-refractivity contribution in [2.75, 3.05) is 6.54 Å². The first-order valence-corrected chi connectivity index (χ1v) is 16.0. The Morgan fingerprint density at radius 2 is 1.95 bits per heavy atom. The monoisotopic (exact) mass is 605 g/mol. The van der Waals surface area contributed by atoms with E-state index in [1.54, 1.807) is 30.6 Å². The lowest BCUT2D eigenvalue weighted by molar-refractivity contribution is -0.158. The molecule has 5 aliphatic rings. The summed E-state index contributed by atoms with van der Waals surface area (Å²) in [7, 11) is 0. The van der Waals surface area contributed by atoms with Gasteiger partial charge in [-0.3, -0.25) is 14.5 Å². The third-order valence-corrected chi connectivity index (χ3v) is 9.39. The zero-order valence-electron chi connectivity index (χ0n) is 26.2. The number of hydrogen-bond acceptors (Lipinski definition) is 8. The molecule has 1 saturated heterocycles. The Morgan fingerprint density at radius 3 is 2.73 bits per heavy atom. The van der Waals surface area contributed by atoms with Crippen molar-refractivity contribution in [3.8, 4) is 0 Å². The Kier molecular flexibility index (Phi) is 8.05. The molecule has 236 valence electrons. The van der Waals surface area contributed by atoms with Crippen LogP contribution in [0.15, 0.2) is 35.3 Å². The van der Waals surface area contributed by atoms with E-state index in [1.807, 2.05) is 25.1 Å². The van der Waals surface area contributed by atoms with Gasteiger partial charge in [-0.2, -0.15) is 0 Å². The Balaban J connectivity index is 1.24. The maximum Gasteiger partial charge on any atom is 0.410 e. The first-order chi connectivity index (χ1) is 20.9. The van der Waals surface area contributed by atoms with Crippen molar-refractivity contribution in [1.82, 2.24) is 9.80 Å². The quantitative estimate of drug-likeness (QED) is 0.271. The fraction of sp³-hybridized carbons (Fsp3) is 0.618. The fourth-order valence-electron chi connectivity index (χ4n) is 6.98. The molecule has 1 saturated carbocycles. The molecule has 0 N–H and O–H groups in total. The van der Waals surface area contributed by atoms with Gasteiger partial charge in [0.1, 0.15) is 17.7 Å². The molecule has 2 bridgehead atoms. The number of nitrogens with zero attached hydrogens (tertiary/aromatic N) is 3. The normalized spacial score (nSPS) is 30.7. The number of amides is 2. The van der Waals surface area contributed by atoms with Gasteiger partial charge in [-0.05, 0) is 70.1 Å². The maximum absolute atomic E-state index is 14.2. The van der Waals surface area contributed by atoms with Crippen molar-refractivity contribution in [3.05, 3.63) is 47.0 Å². The number of carbonyl (C=O) groups excluding carboxylic acids is 4. The summed E-state index contributed by atoms with van der Waals surface area (Å²) in [5.41, 5.74) is 1.78. The summed E-state index contributed by atoms with van der Waals surface area (Å²) in [4.78, 5) is 61.6. The van der Waals surface area contributed by atoms with E-state index in [4.69, 9.17) is 19.2 Å². The number of carbonyl (C=O) groups is 4. The Morgan fingerprint density at radius 1 is 1.14 bits per heavy atom. The van der Waals surface area contributed by atoms with Crippen molar-refractivity contribution in [2.24, 2.45) is 16.8 Å². The fourth-order valence-corrected chi connectivity index (χ4v) is 6.98. The number of esters is 2. The molecule has 10 heteroatoms. The second kappa shape index (κ2) is 11.7. The molecular formula is C34H43N3O7. The number of fused-ring (bicyclic) bond motifs is 3. The van der Waals surface area contributed by atoms with Crippen LogP contribution in [0.25, 0.3) is 0 Å². The molecule has 6 rings (SSSR count). The Labute approximate surface area is 258 Å². The van der Waals surface area contributed by atoms with Crippen LogP contribution in [0.4, 0.5) is 4.79 Å². The number of allylic oxidation sites excluding steroid dienone is 1. The van der Waals surface area contributed by atoms with E-state index < -0.39 is 47.2 Å². The van der Waals surface area contributed by atoms with E-state index in [1.165, 1.54) is 0 Å². The van der Waals surface area contributed by atoms with E-state index in [-0.39, 0.29) is 37.1 Å². The summed E-state index contributed by atoms with van der Waals surface area (Å²) in [6.45, 7) is 8.52. The molecule has 44 heavy (non-hydrogen) atoms. The number of rotatable bonds is 3. The number of benzene rings is 1. The van der Waals surface area contributed by atoms with Gasteiger partial charge in [0.05, 0.1) is 13.0 Å². The second-order valence-corrected chi connectivity index (χ2v) is 13.9. The van der Waals surface area contributed by atoms with Gasteiger partial charge in [-0.1, -0.05) is 43.2 Å². The molecule has 0 aromatic heterocycles. The van der Waals surface area contributed by atoms with Gasteiger partial charge in [0.25, 0.3) is 0 Å². The van der Waals surface area contributed by atoms with Crippen LogP contribution in [-0.4, -0.2) is 69.5 Å². The van der Waals surface area contributed by atoms with E-state index in [0.717, 1.165) is 42.4 Å². The predicted molar refractivity (Wildman–Crippen MR) is 161 cm³/mol. The molecule has 1 aliphatic carbocycles. The molecule has 4 aliphatic heterocycles. The lowest BCUT2D eigenvalue weighted by atomic mass is 9.95. The summed E-state index contributed by atoms with van der Waals surface area (Å²) >= 11 is 0. The highest BCUT2D eigenvalue weighted by Gasteiger charge is 2.65. The highest BCUT2D eigenvalue weighted by Crippen LogP contribution is 2.52. The minimum absolute atomic E-state index is 0.0167. The summed E-state index contributed by atoms with van der Waals surface area (Å²) < 4.78 is 17.4. The third-order valence-electron chi connectivity index (χ3n) is 9.39. The van der Waals surface area contributed by atoms with Gasteiger partial charge < -0.3 is 19.1 Å². The van der Waals surface area contributed by atoms with Crippen LogP contribution >= 0.6 is 0 Å².